The quantitative estimate of drug-likeness (QED) is 0.423. The fourth-order valence-electron chi connectivity index (χ4n) is 4.79. The third kappa shape index (κ3) is 3.78. The molecule has 0 saturated carbocycles. The van der Waals surface area contributed by atoms with Crippen molar-refractivity contribution in [3.05, 3.63) is 59.2 Å². The maximum Gasteiger partial charge on any atom is 0.410 e. The van der Waals surface area contributed by atoms with Crippen molar-refractivity contribution in [2.45, 2.75) is 49.7 Å². The van der Waals surface area contributed by atoms with E-state index in [4.69, 9.17) is 0 Å². The number of hydrogen-bond acceptors (Lipinski definition) is 5. The summed E-state index contributed by atoms with van der Waals surface area (Å²) in [6.45, 7) is 7.30. The van der Waals surface area contributed by atoms with Crippen molar-refractivity contribution in [3.8, 4) is 0 Å². The number of hydrogen-bond donors (Lipinski definition) is 5. The van der Waals surface area contributed by atoms with Crippen LogP contribution in [-0.4, -0.2) is 48.7 Å². The summed E-state index contributed by atoms with van der Waals surface area (Å²) in [4.78, 5) is 32.9. The average molecular weight is 490 g/mol. The summed E-state index contributed by atoms with van der Waals surface area (Å²) >= 11 is 0. The lowest BCUT2D eigenvalue weighted by molar-refractivity contribution is 0.102. The molecule has 1 aromatic carbocycles. The Morgan fingerprint density at radius 2 is 1.94 bits per heavy atom. The van der Waals surface area contributed by atoms with E-state index in [0.29, 0.717) is 18.7 Å². The molecular weight excluding hydrogens is 461 g/mol. The summed E-state index contributed by atoms with van der Waals surface area (Å²) in [7, 11) is -3.26. The van der Waals surface area contributed by atoms with Crippen LogP contribution in [0.5, 0.6) is 0 Å². The van der Waals surface area contributed by atoms with Crippen molar-refractivity contribution in [1.82, 2.24) is 15.0 Å². The van der Waals surface area contributed by atoms with Crippen molar-refractivity contribution in [1.29, 1.82) is 0 Å². The molecule has 0 aliphatic carbocycles. The number of anilines is 1. The summed E-state index contributed by atoms with van der Waals surface area (Å²) < 4.78 is 31.4. The van der Waals surface area contributed by atoms with Gasteiger partial charge in [-0.25, -0.2) is 9.18 Å². The van der Waals surface area contributed by atoms with Gasteiger partial charge in [0.2, 0.25) is 0 Å². The number of aliphatic imine (C=N–C) groups is 1. The number of aryl methyl sites for hydroxylation is 1. The van der Waals surface area contributed by atoms with Crippen molar-refractivity contribution < 1.29 is 23.3 Å². The second kappa shape index (κ2) is 8.24. The van der Waals surface area contributed by atoms with E-state index in [1.165, 1.54) is 18.2 Å². The molecule has 34 heavy (non-hydrogen) atoms. The van der Waals surface area contributed by atoms with Crippen molar-refractivity contribution in [2.75, 3.05) is 11.9 Å². The highest BCUT2D eigenvalue weighted by atomic mass is 32.3. The van der Waals surface area contributed by atoms with Crippen LogP contribution in [0.4, 0.5) is 14.9 Å². The Balaban J connectivity index is 1.79. The SMILES string of the molecule is Cc1ccc(C(=O)Nc2ccc(F)c([C@@]3(C)N=C(NC(=O)O)C(C)(C)[SH]4(=O)NCC[C@@H]34)c2)nc1. The second-order valence-electron chi connectivity index (χ2n) is 9.34. The molecule has 3 heterocycles. The van der Waals surface area contributed by atoms with E-state index < -0.39 is 43.5 Å². The summed E-state index contributed by atoms with van der Waals surface area (Å²) in [6, 6.07) is 7.46. The number of rotatable bonds is 3. The normalized spacial score (nSPS) is 25.6. The second-order valence-corrected chi connectivity index (χ2v) is 12.7. The predicted octanol–water partition coefficient (Wildman–Crippen LogP) is 2.75. The number of carbonyl (C=O) groups is 2. The average Bonchev–Trinajstić information content (AvgIpc) is 3.18. The van der Waals surface area contributed by atoms with Gasteiger partial charge in [0, 0.05) is 24.0 Å². The largest absolute Gasteiger partial charge is 0.465 e. The van der Waals surface area contributed by atoms with Crippen LogP contribution >= 0.6 is 0 Å². The van der Waals surface area contributed by atoms with E-state index in [1.54, 1.807) is 39.1 Å². The van der Waals surface area contributed by atoms with Gasteiger partial charge in [0.1, 0.15) is 22.9 Å². The number of halogens is 1. The van der Waals surface area contributed by atoms with Gasteiger partial charge in [0.25, 0.3) is 5.91 Å². The van der Waals surface area contributed by atoms with Crippen LogP contribution in [0.3, 0.4) is 0 Å². The van der Waals surface area contributed by atoms with Crippen molar-refractivity contribution in [3.63, 3.8) is 0 Å². The highest BCUT2D eigenvalue weighted by Gasteiger charge is 2.59. The monoisotopic (exact) mass is 489 g/mol. The van der Waals surface area contributed by atoms with Crippen molar-refractivity contribution in [2.24, 2.45) is 4.99 Å². The first-order valence-electron chi connectivity index (χ1n) is 10.9. The lowest BCUT2D eigenvalue weighted by Crippen LogP contribution is -2.65. The van der Waals surface area contributed by atoms with Gasteiger partial charge < -0.3 is 10.4 Å². The van der Waals surface area contributed by atoms with Gasteiger partial charge in [-0.05, 0) is 74.1 Å². The van der Waals surface area contributed by atoms with Crippen molar-refractivity contribution >= 4 is 33.6 Å². The Hall–Kier alpha value is -3.18. The van der Waals surface area contributed by atoms with Crippen LogP contribution in [-0.2, 0) is 15.7 Å². The fraction of sp³-hybridized carbons (Fsp3) is 0.391. The zero-order valence-corrected chi connectivity index (χ0v) is 20.2. The molecule has 0 radical (unpaired) electrons. The standard InChI is InChI=1S/C23H28FN5O4S/c1-13-5-8-17(25-12-13)19(30)27-14-6-7-16(24)15(11-14)23(4)18-9-10-26-34(18,33)22(2,3)20(29-23)28-21(31)32/h5-8,11-12,18,34H,9-10H2,1-4H3,(H,26,33)(H,27,30)(H,28,29)(H,31,32)/t18-,23+/m0/s1. The molecule has 9 nitrogen and oxygen atoms in total. The number of carbonyl (C=O) groups excluding carboxylic acids is 1. The Kier molecular flexibility index (Phi) is 5.81. The molecule has 0 unspecified atom stereocenters. The van der Waals surface area contributed by atoms with Gasteiger partial charge in [-0.15, -0.1) is 0 Å². The van der Waals surface area contributed by atoms with Crippen LogP contribution in [0.1, 0.15) is 48.8 Å². The number of carboxylic acid groups (broad SMARTS) is 1. The number of benzene rings is 1. The summed E-state index contributed by atoms with van der Waals surface area (Å²) in [5, 5.41) is 13.8. The summed E-state index contributed by atoms with van der Waals surface area (Å²) in [5.74, 6) is -1.04. The highest BCUT2D eigenvalue weighted by Crippen LogP contribution is 2.49. The lowest BCUT2D eigenvalue weighted by Gasteiger charge is -2.51. The summed E-state index contributed by atoms with van der Waals surface area (Å²) in [6.07, 6.45) is 0.710. The number of thiol groups is 1. The number of amidine groups is 1. The zero-order chi connectivity index (χ0) is 24.9. The molecule has 0 spiro atoms. The van der Waals surface area contributed by atoms with E-state index in [2.05, 4.69) is 25.3 Å². The number of aromatic nitrogens is 1. The first kappa shape index (κ1) is 24.0. The van der Waals surface area contributed by atoms with E-state index in [1.807, 2.05) is 6.92 Å². The molecule has 182 valence electrons. The molecule has 2 amide bonds. The highest BCUT2D eigenvalue weighted by molar-refractivity contribution is 8.04. The molecule has 2 aliphatic heterocycles. The minimum atomic E-state index is -3.26. The molecule has 1 saturated heterocycles. The maximum atomic E-state index is 15.2. The molecule has 11 heteroatoms. The van der Waals surface area contributed by atoms with E-state index in [9.17, 15) is 18.9 Å². The van der Waals surface area contributed by atoms with Gasteiger partial charge in [-0.2, -0.15) is 0 Å². The van der Waals surface area contributed by atoms with E-state index >= 15 is 4.39 Å². The van der Waals surface area contributed by atoms with Gasteiger partial charge in [-0.3, -0.25) is 29.0 Å². The van der Waals surface area contributed by atoms with Crippen LogP contribution in [0.2, 0.25) is 0 Å². The molecule has 1 aromatic heterocycles. The topological polar surface area (TPSA) is 133 Å². The van der Waals surface area contributed by atoms with Crippen LogP contribution in [0.15, 0.2) is 41.5 Å². The zero-order valence-electron chi connectivity index (χ0n) is 19.3. The van der Waals surface area contributed by atoms with Gasteiger partial charge in [0.15, 0.2) is 0 Å². The molecule has 2 atom stereocenters. The minimum Gasteiger partial charge on any atom is -0.465 e. The third-order valence-electron chi connectivity index (χ3n) is 6.75. The number of nitrogens with zero attached hydrogens (tertiary/aromatic N) is 2. The first-order valence-corrected chi connectivity index (χ1v) is 12.7. The molecule has 0 bridgehead atoms. The Bertz CT molecular complexity index is 1250. The number of amides is 2. The molecular formula is C23H28FN5O4S. The summed E-state index contributed by atoms with van der Waals surface area (Å²) in [5.41, 5.74) is 0.221. The fourth-order valence-corrected chi connectivity index (χ4v) is 8.47. The van der Waals surface area contributed by atoms with E-state index in [-0.39, 0.29) is 17.1 Å². The Morgan fingerprint density at radius 3 is 2.59 bits per heavy atom. The number of pyridine rings is 1. The smallest absolute Gasteiger partial charge is 0.410 e. The molecule has 2 aromatic rings. The molecule has 4 rings (SSSR count). The first-order chi connectivity index (χ1) is 15.9. The maximum absolute atomic E-state index is 15.2. The molecule has 1 fully saturated rings. The minimum absolute atomic E-state index is 0.00850. The lowest BCUT2D eigenvalue weighted by atomic mass is 9.85. The van der Waals surface area contributed by atoms with Gasteiger partial charge in [-0.1, -0.05) is 6.07 Å². The molecule has 4 N–H and O–H groups in total. The number of nitrogens with one attached hydrogen (secondary N) is 3. The van der Waals surface area contributed by atoms with Gasteiger partial charge in [0.05, 0.1) is 10.00 Å². The van der Waals surface area contributed by atoms with Crippen LogP contribution in [0, 0.1) is 12.7 Å². The van der Waals surface area contributed by atoms with Crippen LogP contribution < -0.4 is 15.4 Å². The van der Waals surface area contributed by atoms with Gasteiger partial charge >= 0.3 is 6.09 Å². The Labute approximate surface area is 197 Å². The van der Waals surface area contributed by atoms with Crippen LogP contribution in [0.25, 0.3) is 0 Å². The Morgan fingerprint density at radius 1 is 1.21 bits per heavy atom. The molecule has 2 aliphatic rings. The third-order valence-corrected chi connectivity index (χ3v) is 11.0. The van der Waals surface area contributed by atoms with E-state index in [0.717, 1.165) is 5.56 Å². The number of fused-ring (bicyclic) bond motifs is 1. The predicted molar refractivity (Wildman–Crippen MR) is 129 cm³/mol.